The van der Waals surface area contributed by atoms with Gasteiger partial charge in [-0.15, -0.1) is 0 Å². The Morgan fingerprint density at radius 1 is 1.24 bits per heavy atom. The molecule has 9 heteroatoms. The molecule has 1 aromatic rings. The molecule has 1 aliphatic heterocycles. The van der Waals surface area contributed by atoms with E-state index in [4.69, 9.17) is 4.74 Å². The van der Waals surface area contributed by atoms with Gasteiger partial charge in [-0.05, 0) is 50.8 Å². The van der Waals surface area contributed by atoms with E-state index in [0.29, 0.717) is 19.3 Å². The van der Waals surface area contributed by atoms with Gasteiger partial charge in [0.15, 0.2) is 0 Å². The van der Waals surface area contributed by atoms with Crippen LogP contribution in [0, 0.1) is 0 Å². The number of aryl methyl sites for hydroxylation is 1. The first kappa shape index (κ1) is 22.2. The Morgan fingerprint density at radius 3 is 2.48 bits per heavy atom. The molecule has 0 aliphatic carbocycles. The van der Waals surface area contributed by atoms with Crippen molar-refractivity contribution in [2.45, 2.75) is 51.6 Å². The summed E-state index contributed by atoms with van der Waals surface area (Å²) in [5.74, 6) is -0.484. The van der Waals surface area contributed by atoms with E-state index in [0.717, 1.165) is 16.2 Å². The molecule has 1 aliphatic rings. The fraction of sp³-hybridized carbons (Fsp3) is 0.500. The molecule has 1 aromatic carbocycles. The van der Waals surface area contributed by atoms with Crippen molar-refractivity contribution in [1.82, 2.24) is 20.9 Å². The van der Waals surface area contributed by atoms with Gasteiger partial charge in [-0.25, -0.2) is 9.59 Å². The molecule has 0 spiro atoms. The van der Waals surface area contributed by atoms with Crippen LogP contribution in [0.15, 0.2) is 24.3 Å². The Morgan fingerprint density at radius 2 is 1.90 bits per heavy atom. The Labute approximate surface area is 170 Å². The summed E-state index contributed by atoms with van der Waals surface area (Å²) in [5, 5.41) is 7.38. The van der Waals surface area contributed by atoms with Crippen LogP contribution in [0.5, 0.6) is 5.75 Å². The fourth-order valence-electron chi connectivity index (χ4n) is 2.92. The smallest absolute Gasteiger partial charge is 0.325 e. The molecular formula is C20H28N4O5. The zero-order valence-electron chi connectivity index (χ0n) is 17.2. The zero-order chi connectivity index (χ0) is 21.6. The Bertz CT molecular complexity index is 780. The molecular weight excluding hydrogens is 376 g/mol. The first-order valence-electron chi connectivity index (χ1n) is 9.56. The van der Waals surface area contributed by atoms with Gasteiger partial charge in [-0.1, -0.05) is 19.1 Å². The molecule has 2 rings (SSSR count). The van der Waals surface area contributed by atoms with Crippen LogP contribution >= 0.6 is 0 Å². The average molecular weight is 404 g/mol. The van der Waals surface area contributed by atoms with Gasteiger partial charge in [0.05, 0.1) is 7.11 Å². The van der Waals surface area contributed by atoms with Gasteiger partial charge in [0, 0.05) is 6.04 Å². The highest BCUT2D eigenvalue weighted by Gasteiger charge is 2.47. The minimum atomic E-state index is -1.11. The summed E-state index contributed by atoms with van der Waals surface area (Å²) in [5.41, 5.74) is -0.122. The van der Waals surface area contributed by atoms with Crippen LogP contribution in [0.3, 0.4) is 0 Å². The van der Waals surface area contributed by atoms with Crippen LogP contribution in [-0.4, -0.2) is 54.0 Å². The summed E-state index contributed by atoms with van der Waals surface area (Å²) < 4.78 is 5.12. The van der Waals surface area contributed by atoms with Crippen LogP contribution in [0.4, 0.5) is 9.59 Å². The standard InChI is InChI=1S/C20H28N4O5/c1-5-13(2)21-18(27)22-16(25)12-24-17(26)20(3,23-19(24)28)11-10-14-6-8-15(29-4)9-7-14/h6-9,13H,5,10-12H2,1-4H3,(H,23,28)(H2,21,22,25,27)/t13-,20-/m1/s1. The number of hydrogen-bond acceptors (Lipinski definition) is 5. The maximum Gasteiger partial charge on any atom is 0.325 e. The second kappa shape index (κ2) is 9.40. The molecule has 1 heterocycles. The van der Waals surface area contributed by atoms with Crippen molar-refractivity contribution < 1.29 is 23.9 Å². The summed E-state index contributed by atoms with van der Waals surface area (Å²) in [4.78, 5) is 49.6. The van der Waals surface area contributed by atoms with Gasteiger partial charge in [0.1, 0.15) is 17.8 Å². The number of urea groups is 2. The summed E-state index contributed by atoms with van der Waals surface area (Å²) in [6, 6.07) is 6.04. The van der Waals surface area contributed by atoms with E-state index in [1.54, 1.807) is 21.0 Å². The topological polar surface area (TPSA) is 117 Å². The van der Waals surface area contributed by atoms with Crippen LogP contribution < -0.4 is 20.7 Å². The number of hydrogen-bond donors (Lipinski definition) is 3. The Balaban J connectivity index is 1.93. The van der Waals surface area contributed by atoms with E-state index in [9.17, 15) is 19.2 Å². The summed E-state index contributed by atoms with van der Waals surface area (Å²) in [6.07, 6.45) is 1.64. The minimum Gasteiger partial charge on any atom is -0.497 e. The number of ether oxygens (including phenoxy) is 1. The summed E-state index contributed by atoms with van der Waals surface area (Å²) in [7, 11) is 1.58. The lowest BCUT2D eigenvalue weighted by Crippen LogP contribution is -2.48. The number of benzene rings is 1. The molecule has 0 saturated carbocycles. The number of carbonyl (C=O) groups excluding carboxylic acids is 4. The van der Waals surface area contributed by atoms with Gasteiger partial charge >= 0.3 is 12.1 Å². The maximum absolute atomic E-state index is 12.7. The van der Waals surface area contributed by atoms with Crippen LogP contribution in [0.2, 0.25) is 0 Å². The molecule has 9 nitrogen and oxygen atoms in total. The van der Waals surface area contributed by atoms with E-state index >= 15 is 0 Å². The number of carbonyl (C=O) groups is 4. The van der Waals surface area contributed by atoms with E-state index < -0.39 is 36.0 Å². The molecule has 2 atom stereocenters. The lowest BCUT2D eigenvalue weighted by atomic mass is 9.93. The molecule has 1 saturated heterocycles. The maximum atomic E-state index is 12.7. The van der Waals surface area contributed by atoms with Crippen molar-refractivity contribution in [3.05, 3.63) is 29.8 Å². The second-order valence-electron chi connectivity index (χ2n) is 7.33. The molecule has 0 aromatic heterocycles. The normalized spacial score (nSPS) is 19.5. The molecule has 29 heavy (non-hydrogen) atoms. The average Bonchev–Trinajstić information content (AvgIpc) is 2.90. The third-order valence-electron chi connectivity index (χ3n) is 4.96. The highest BCUT2D eigenvalue weighted by Crippen LogP contribution is 2.24. The number of rotatable bonds is 8. The van der Waals surface area contributed by atoms with Gasteiger partial charge in [0.25, 0.3) is 5.91 Å². The molecule has 0 bridgehead atoms. The number of nitrogens with one attached hydrogen (secondary N) is 3. The van der Waals surface area contributed by atoms with Crippen molar-refractivity contribution in [2.75, 3.05) is 13.7 Å². The van der Waals surface area contributed by atoms with Crippen LogP contribution in [-0.2, 0) is 16.0 Å². The molecule has 0 radical (unpaired) electrons. The molecule has 6 amide bonds. The first-order valence-corrected chi connectivity index (χ1v) is 9.56. The number of imide groups is 2. The lowest BCUT2D eigenvalue weighted by Gasteiger charge is -2.21. The van der Waals surface area contributed by atoms with Crippen molar-refractivity contribution in [2.24, 2.45) is 0 Å². The second-order valence-corrected chi connectivity index (χ2v) is 7.33. The summed E-state index contributed by atoms with van der Waals surface area (Å²) >= 11 is 0. The van der Waals surface area contributed by atoms with Gasteiger partial charge in [-0.2, -0.15) is 0 Å². The van der Waals surface area contributed by atoms with E-state index in [1.807, 2.05) is 31.2 Å². The molecule has 1 fully saturated rings. The first-order chi connectivity index (χ1) is 13.7. The van der Waals surface area contributed by atoms with E-state index in [2.05, 4.69) is 16.0 Å². The lowest BCUT2D eigenvalue weighted by molar-refractivity contribution is -0.134. The van der Waals surface area contributed by atoms with Crippen molar-refractivity contribution in [3.8, 4) is 5.75 Å². The van der Waals surface area contributed by atoms with Gasteiger partial charge in [-0.3, -0.25) is 19.8 Å². The van der Waals surface area contributed by atoms with Gasteiger partial charge < -0.3 is 15.4 Å². The highest BCUT2D eigenvalue weighted by molar-refractivity contribution is 6.09. The highest BCUT2D eigenvalue weighted by atomic mass is 16.5. The fourth-order valence-corrected chi connectivity index (χ4v) is 2.92. The van der Waals surface area contributed by atoms with Crippen molar-refractivity contribution in [1.29, 1.82) is 0 Å². The molecule has 0 unspecified atom stereocenters. The predicted molar refractivity (Wildman–Crippen MR) is 106 cm³/mol. The number of methoxy groups -OCH3 is 1. The Hall–Kier alpha value is -3.10. The monoisotopic (exact) mass is 404 g/mol. The van der Waals surface area contributed by atoms with Crippen LogP contribution in [0.25, 0.3) is 0 Å². The van der Waals surface area contributed by atoms with Crippen molar-refractivity contribution >= 4 is 23.9 Å². The Kier molecular flexibility index (Phi) is 7.19. The number of nitrogens with zero attached hydrogens (tertiary/aromatic N) is 1. The van der Waals surface area contributed by atoms with Crippen molar-refractivity contribution in [3.63, 3.8) is 0 Å². The predicted octanol–water partition coefficient (Wildman–Crippen LogP) is 1.56. The third kappa shape index (κ3) is 5.69. The quantitative estimate of drug-likeness (QED) is 0.569. The van der Waals surface area contributed by atoms with E-state index in [-0.39, 0.29) is 6.04 Å². The van der Waals surface area contributed by atoms with Crippen LogP contribution in [0.1, 0.15) is 39.2 Å². The number of amides is 6. The SMILES string of the molecule is CC[C@@H](C)NC(=O)NC(=O)CN1C(=O)N[C@](C)(CCc2ccc(OC)cc2)C1=O. The largest absolute Gasteiger partial charge is 0.497 e. The minimum absolute atomic E-state index is 0.0965. The molecule has 3 N–H and O–H groups in total. The molecule has 158 valence electrons. The third-order valence-corrected chi connectivity index (χ3v) is 4.96. The summed E-state index contributed by atoms with van der Waals surface area (Å²) in [6.45, 7) is 4.81. The zero-order valence-corrected chi connectivity index (χ0v) is 17.2. The van der Waals surface area contributed by atoms with Gasteiger partial charge in [0.2, 0.25) is 5.91 Å². The van der Waals surface area contributed by atoms with E-state index in [1.165, 1.54) is 0 Å².